The third-order valence-corrected chi connectivity index (χ3v) is 3.17. The summed E-state index contributed by atoms with van der Waals surface area (Å²) in [5.41, 5.74) is 0.498. The highest BCUT2D eigenvalue weighted by molar-refractivity contribution is 9.10. The van der Waals surface area contributed by atoms with Gasteiger partial charge in [-0.25, -0.2) is 0 Å². The molecule has 20 heavy (non-hydrogen) atoms. The molecule has 5 nitrogen and oxygen atoms in total. The standard InChI is InChI=1S/C14H14BrNO4/c1-3-19-13(17)12(14(18)20-4-2)9-6-5-7-11(15)10(9)8-16/h5-7,12H,3-4H2,1-2H3. The van der Waals surface area contributed by atoms with Crippen molar-refractivity contribution in [3.63, 3.8) is 0 Å². The van der Waals surface area contributed by atoms with E-state index in [1.165, 1.54) is 0 Å². The molecular formula is C14H14BrNO4. The maximum Gasteiger partial charge on any atom is 0.324 e. The van der Waals surface area contributed by atoms with Gasteiger partial charge in [-0.2, -0.15) is 5.26 Å². The van der Waals surface area contributed by atoms with Gasteiger partial charge in [0, 0.05) is 4.47 Å². The fraction of sp³-hybridized carbons (Fsp3) is 0.357. The maximum atomic E-state index is 12.0. The summed E-state index contributed by atoms with van der Waals surface area (Å²) < 4.78 is 10.3. The predicted octanol–water partition coefficient (Wildman–Crippen LogP) is 2.53. The second kappa shape index (κ2) is 7.65. The first-order chi connectivity index (χ1) is 9.56. The molecule has 0 radical (unpaired) electrons. The second-order valence-electron chi connectivity index (χ2n) is 3.75. The molecule has 0 atom stereocenters. The normalized spacial score (nSPS) is 9.95. The minimum atomic E-state index is -1.25. The third-order valence-electron chi connectivity index (χ3n) is 2.51. The molecule has 0 N–H and O–H groups in total. The van der Waals surface area contributed by atoms with Crippen LogP contribution in [0.25, 0.3) is 0 Å². The van der Waals surface area contributed by atoms with Crippen LogP contribution in [0.5, 0.6) is 0 Å². The van der Waals surface area contributed by atoms with Gasteiger partial charge in [-0.3, -0.25) is 9.59 Å². The molecule has 0 heterocycles. The number of carbonyl (C=O) groups is 2. The summed E-state index contributed by atoms with van der Waals surface area (Å²) >= 11 is 3.23. The minimum Gasteiger partial charge on any atom is -0.465 e. The van der Waals surface area contributed by atoms with Crippen LogP contribution in [0.3, 0.4) is 0 Å². The summed E-state index contributed by atoms with van der Waals surface area (Å²) in [6, 6.07) is 6.83. The highest BCUT2D eigenvalue weighted by atomic mass is 79.9. The van der Waals surface area contributed by atoms with Crippen LogP contribution in [0.2, 0.25) is 0 Å². The van der Waals surface area contributed by atoms with Crippen molar-refractivity contribution in [1.82, 2.24) is 0 Å². The number of carbonyl (C=O) groups excluding carboxylic acids is 2. The van der Waals surface area contributed by atoms with Crippen molar-refractivity contribution >= 4 is 27.9 Å². The van der Waals surface area contributed by atoms with E-state index in [-0.39, 0.29) is 24.3 Å². The van der Waals surface area contributed by atoms with Crippen LogP contribution in [0.4, 0.5) is 0 Å². The number of hydrogen-bond donors (Lipinski definition) is 0. The Morgan fingerprint density at radius 2 is 1.80 bits per heavy atom. The Bertz CT molecular complexity index is 533. The van der Waals surface area contributed by atoms with E-state index in [4.69, 9.17) is 9.47 Å². The van der Waals surface area contributed by atoms with E-state index in [0.717, 1.165) is 0 Å². The van der Waals surface area contributed by atoms with Crippen LogP contribution in [0, 0.1) is 11.3 Å². The van der Waals surface area contributed by atoms with Crippen molar-refractivity contribution < 1.29 is 19.1 Å². The van der Waals surface area contributed by atoms with Crippen LogP contribution >= 0.6 is 15.9 Å². The molecule has 0 aliphatic carbocycles. The molecule has 0 saturated heterocycles. The number of esters is 2. The molecule has 0 fully saturated rings. The molecule has 106 valence electrons. The first-order valence-electron chi connectivity index (χ1n) is 6.08. The van der Waals surface area contributed by atoms with E-state index in [0.29, 0.717) is 4.47 Å². The van der Waals surface area contributed by atoms with Gasteiger partial charge in [0.05, 0.1) is 18.8 Å². The fourth-order valence-corrected chi connectivity index (χ4v) is 2.17. The zero-order valence-corrected chi connectivity index (χ0v) is 12.8. The number of hydrogen-bond acceptors (Lipinski definition) is 5. The third kappa shape index (κ3) is 3.58. The van der Waals surface area contributed by atoms with Crippen molar-refractivity contribution in [1.29, 1.82) is 5.26 Å². The van der Waals surface area contributed by atoms with Gasteiger partial charge in [-0.05, 0) is 41.4 Å². The SMILES string of the molecule is CCOC(=O)C(C(=O)OCC)c1cccc(Br)c1C#N. The van der Waals surface area contributed by atoms with Crippen LogP contribution in [0.15, 0.2) is 22.7 Å². The lowest BCUT2D eigenvalue weighted by molar-refractivity contribution is -0.156. The van der Waals surface area contributed by atoms with E-state index in [2.05, 4.69) is 15.9 Å². The predicted molar refractivity (Wildman–Crippen MR) is 74.9 cm³/mol. The first-order valence-corrected chi connectivity index (χ1v) is 6.87. The molecule has 1 rings (SSSR count). The lowest BCUT2D eigenvalue weighted by atomic mass is 9.94. The van der Waals surface area contributed by atoms with Gasteiger partial charge in [0.1, 0.15) is 6.07 Å². The zero-order valence-electron chi connectivity index (χ0n) is 11.2. The smallest absolute Gasteiger partial charge is 0.324 e. The molecule has 0 bridgehead atoms. The van der Waals surface area contributed by atoms with Crippen LogP contribution in [0.1, 0.15) is 30.9 Å². The Morgan fingerprint density at radius 1 is 1.25 bits per heavy atom. The van der Waals surface area contributed by atoms with Gasteiger partial charge in [-0.15, -0.1) is 0 Å². The summed E-state index contributed by atoms with van der Waals surface area (Å²) in [5, 5.41) is 9.19. The number of nitriles is 1. The highest BCUT2D eigenvalue weighted by Gasteiger charge is 2.33. The van der Waals surface area contributed by atoms with Crippen LogP contribution in [-0.2, 0) is 19.1 Å². The number of ether oxygens (including phenoxy) is 2. The molecule has 6 heteroatoms. The summed E-state index contributed by atoms with van der Waals surface area (Å²) in [6.07, 6.45) is 0. The molecule has 0 aromatic heterocycles. The largest absolute Gasteiger partial charge is 0.465 e. The van der Waals surface area contributed by atoms with Gasteiger partial charge in [0.15, 0.2) is 5.92 Å². The Balaban J connectivity index is 3.31. The van der Waals surface area contributed by atoms with E-state index >= 15 is 0 Å². The molecule has 0 aliphatic rings. The number of rotatable bonds is 5. The maximum absolute atomic E-state index is 12.0. The highest BCUT2D eigenvalue weighted by Crippen LogP contribution is 2.28. The molecule has 0 saturated carbocycles. The minimum absolute atomic E-state index is 0.143. The van der Waals surface area contributed by atoms with Crippen molar-refractivity contribution in [3.05, 3.63) is 33.8 Å². The van der Waals surface area contributed by atoms with Gasteiger partial charge in [0.2, 0.25) is 0 Å². The van der Waals surface area contributed by atoms with Gasteiger partial charge < -0.3 is 9.47 Å². The monoisotopic (exact) mass is 339 g/mol. The lowest BCUT2D eigenvalue weighted by Crippen LogP contribution is -2.27. The molecule has 0 amide bonds. The quantitative estimate of drug-likeness (QED) is 0.608. The Labute approximate surface area is 125 Å². The van der Waals surface area contributed by atoms with Gasteiger partial charge in [-0.1, -0.05) is 12.1 Å². The van der Waals surface area contributed by atoms with Crippen molar-refractivity contribution in [2.45, 2.75) is 19.8 Å². The second-order valence-corrected chi connectivity index (χ2v) is 4.61. The number of halogens is 1. The van der Waals surface area contributed by atoms with E-state index in [1.807, 2.05) is 6.07 Å². The molecule has 0 unspecified atom stereocenters. The van der Waals surface area contributed by atoms with Crippen LogP contribution in [-0.4, -0.2) is 25.2 Å². The summed E-state index contributed by atoms with van der Waals surface area (Å²) in [6.45, 7) is 3.58. The molecular weight excluding hydrogens is 326 g/mol. The van der Waals surface area contributed by atoms with Crippen molar-refractivity contribution in [2.75, 3.05) is 13.2 Å². The van der Waals surface area contributed by atoms with Gasteiger partial charge in [0.25, 0.3) is 0 Å². The first kappa shape index (κ1) is 16.2. The Hall–Kier alpha value is -1.87. The topological polar surface area (TPSA) is 76.4 Å². The summed E-state index contributed by atoms with van der Waals surface area (Å²) in [7, 11) is 0. The van der Waals surface area contributed by atoms with Gasteiger partial charge >= 0.3 is 11.9 Å². The molecule has 1 aromatic rings. The Kier molecular flexibility index (Phi) is 6.19. The number of benzene rings is 1. The average Bonchev–Trinajstić information content (AvgIpc) is 2.40. The molecule has 0 aliphatic heterocycles. The summed E-state index contributed by atoms with van der Waals surface area (Å²) in [5.74, 6) is -2.69. The van der Waals surface area contributed by atoms with E-state index < -0.39 is 17.9 Å². The fourth-order valence-electron chi connectivity index (χ4n) is 1.70. The van der Waals surface area contributed by atoms with E-state index in [9.17, 15) is 14.9 Å². The Morgan fingerprint density at radius 3 is 2.25 bits per heavy atom. The van der Waals surface area contributed by atoms with Crippen molar-refractivity contribution in [2.24, 2.45) is 0 Å². The number of nitrogens with zero attached hydrogens (tertiary/aromatic N) is 1. The van der Waals surface area contributed by atoms with Crippen molar-refractivity contribution in [3.8, 4) is 6.07 Å². The molecule has 1 aromatic carbocycles. The lowest BCUT2D eigenvalue weighted by Gasteiger charge is -2.16. The summed E-state index contributed by atoms with van der Waals surface area (Å²) in [4.78, 5) is 24.0. The van der Waals surface area contributed by atoms with Crippen LogP contribution < -0.4 is 0 Å². The average molecular weight is 340 g/mol. The van der Waals surface area contributed by atoms with E-state index in [1.54, 1.807) is 32.0 Å². The molecule has 0 spiro atoms. The zero-order chi connectivity index (χ0) is 15.1.